The Bertz CT molecular complexity index is 1530. The van der Waals surface area contributed by atoms with Crippen LogP contribution in [0.1, 0.15) is 355 Å². The minimum atomic E-state index is -0.781. The van der Waals surface area contributed by atoms with E-state index in [1.54, 1.807) is 0 Å². The molecule has 0 saturated heterocycles. The van der Waals surface area contributed by atoms with Gasteiger partial charge in [-0.05, 0) is 116 Å². The third kappa shape index (κ3) is 67.3. The number of esters is 3. The van der Waals surface area contributed by atoms with Gasteiger partial charge in [-0.25, -0.2) is 0 Å². The number of unbranched alkanes of at least 4 members (excludes halogenated alkanes) is 39. The monoisotopic (exact) mass is 1130 g/mol. The van der Waals surface area contributed by atoms with Crippen molar-refractivity contribution in [1.29, 1.82) is 0 Å². The van der Waals surface area contributed by atoms with Crippen LogP contribution in [0.15, 0.2) is 85.1 Å². The third-order valence-electron chi connectivity index (χ3n) is 15.4. The summed E-state index contributed by atoms with van der Waals surface area (Å²) >= 11 is 0. The molecule has 0 bridgehead atoms. The molecule has 1 atom stereocenters. The van der Waals surface area contributed by atoms with E-state index in [2.05, 4.69) is 106 Å². The van der Waals surface area contributed by atoms with Crippen LogP contribution in [-0.2, 0) is 28.6 Å². The lowest BCUT2D eigenvalue weighted by Gasteiger charge is -2.18. The predicted octanol–water partition coefficient (Wildman–Crippen LogP) is 24.2. The van der Waals surface area contributed by atoms with Gasteiger partial charge >= 0.3 is 17.9 Å². The molecular weight excluding hydrogens is 997 g/mol. The van der Waals surface area contributed by atoms with Crippen molar-refractivity contribution in [3.8, 4) is 0 Å². The first-order valence-corrected chi connectivity index (χ1v) is 35.1. The van der Waals surface area contributed by atoms with E-state index < -0.39 is 6.10 Å². The molecule has 0 heterocycles. The standard InChI is InChI=1S/C75H132O6/c1-4-7-10-13-16-19-22-25-27-29-31-32-33-34-35-36-37-38-39-40-41-42-43-44-45-47-48-50-53-56-59-62-65-68-74(77)80-71-72(70-79-73(76)67-64-61-58-55-52-24-21-18-15-12-9-6-3)81-75(78)69-66-63-60-57-54-51-49-46-30-28-26-23-20-17-14-11-8-5-2/h7,10,16,18-19,21,25,27-28,30-32,34-35,72H,4-6,8-9,11-15,17,20,22-24,26,29,33,36-71H2,1-3H3/b10-7-,19-16-,21-18-,27-25-,30-28-,32-31-,35-34-. The first kappa shape index (κ1) is 77.6. The van der Waals surface area contributed by atoms with E-state index in [-0.39, 0.29) is 31.1 Å². The molecule has 0 spiro atoms. The van der Waals surface area contributed by atoms with Gasteiger partial charge in [-0.15, -0.1) is 0 Å². The summed E-state index contributed by atoms with van der Waals surface area (Å²) in [5, 5.41) is 0. The van der Waals surface area contributed by atoms with Crippen molar-refractivity contribution in [2.24, 2.45) is 0 Å². The Hall–Kier alpha value is -3.41. The van der Waals surface area contributed by atoms with Gasteiger partial charge in [-0.2, -0.15) is 0 Å². The molecule has 0 rings (SSSR count). The normalized spacial score (nSPS) is 12.6. The van der Waals surface area contributed by atoms with E-state index >= 15 is 0 Å². The molecule has 0 saturated carbocycles. The lowest BCUT2D eigenvalue weighted by Crippen LogP contribution is -2.30. The lowest BCUT2D eigenvalue weighted by atomic mass is 10.0. The Labute approximate surface area is 503 Å². The van der Waals surface area contributed by atoms with E-state index in [9.17, 15) is 14.4 Å². The molecule has 6 heteroatoms. The predicted molar refractivity (Wildman–Crippen MR) is 353 cm³/mol. The van der Waals surface area contributed by atoms with Crippen molar-refractivity contribution in [3.05, 3.63) is 85.1 Å². The largest absolute Gasteiger partial charge is 0.462 e. The van der Waals surface area contributed by atoms with Crippen molar-refractivity contribution in [2.45, 2.75) is 361 Å². The number of carbonyl (C=O) groups is 3. The Morgan fingerprint density at radius 2 is 0.481 bits per heavy atom. The van der Waals surface area contributed by atoms with Crippen molar-refractivity contribution in [2.75, 3.05) is 13.2 Å². The van der Waals surface area contributed by atoms with Crippen LogP contribution in [0.4, 0.5) is 0 Å². The molecule has 0 aromatic heterocycles. The summed E-state index contributed by atoms with van der Waals surface area (Å²) in [5.41, 5.74) is 0. The Kier molecular flexibility index (Phi) is 66.2. The summed E-state index contributed by atoms with van der Waals surface area (Å²) in [6.45, 7) is 6.53. The van der Waals surface area contributed by atoms with Gasteiger partial charge < -0.3 is 14.2 Å². The summed E-state index contributed by atoms with van der Waals surface area (Å²) in [6.07, 6.45) is 91.9. The van der Waals surface area contributed by atoms with Crippen LogP contribution in [0.2, 0.25) is 0 Å². The summed E-state index contributed by atoms with van der Waals surface area (Å²) in [6, 6.07) is 0. The van der Waals surface area contributed by atoms with Gasteiger partial charge in [0.25, 0.3) is 0 Å². The average Bonchev–Trinajstić information content (AvgIpc) is 3.47. The zero-order chi connectivity index (χ0) is 58.5. The highest BCUT2D eigenvalue weighted by Crippen LogP contribution is 2.17. The number of carbonyl (C=O) groups excluding carboxylic acids is 3. The van der Waals surface area contributed by atoms with Crippen molar-refractivity contribution in [1.82, 2.24) is 0 Å². The minimum Gasteiger partial charge on any atom is -0.462 e. The second-order valence-electron chi connectivity index (χ2n) is 23.4. The molecule has 0 aliphatic rings. The topological polar surface area (TPSA) is 78.9 Å². The number of hydrogen-bond acceptors (Lipinski definition) is 6. The maximum Gasteiger partial charge on any atom is 0.306 e. The number of rotatable bonds is 64. The SMILES string of the molecule is CC/C=C\C/C=C\C/C=C\C/C=C\C/C=C\CCCCCCCCCCCCCCCCCCCC(=O)OCC(COC(=O)CCCCCCC/C=C\CCCCC)OC(=O)CCCCCCCCC/C=C\CCCCCCCCC. The third-order valence-corrected chi connectivity index (χ3v) is 15.4. The zero-order valence-electron chi connectivity index (χ0n) is 53.8. The fourth-order valence-corrected chi connectivity index (χ4v) is 10.1. The van der Waals surface area contributed by atoms with Crippen LogP contribution in [0.25, 0.3) is 0 Å². The van der Waals surface area contributed by atoms with Crippen molar-refractivity contribution in [3.63, 3.8) is 0 Å². The smallest absolute Gasteiger partial charge is 0.306 e. The fourth-order valence-electron chi connectivity index (χ4n) is 10.1. The number of ether oxygens (including phenoxy) is 3. The van der Waals surface area contributed by atoms with Gasteiger partial charge in [-0.3, -0.25) is 14.4 Å². The summed E-state index contributed by atoms with van der Waals surface area (Å²) < 4.78 is 16.9. The zero-order valence-corrected chi connectivity index (χ0v) is 53.8. The molecule has 0 aromatic carbocycles. The van der Waals surface area contributed by atoms with Gasteiger partial charge in [0.05, 0.1) is 0 Å². The molecule has 0 N–H and O–H groups in total. The van der Waals surface area contributed by atoms with Crippen LogP contribution in [0.5, 0.6) is 0 Å². The number of allylic oxidation sites excluding steroid dienone is 14. The van der Waals surface area contributed by atoms with E-state index in [1.165, 1.54) is 218 Å². The fraction of sp³-hybridized carbons (Fsp3) is 0.773. The van der Waals surface area contributed by atoms with Crippen LogP contribution in [0.3, 0.4) is 0 Å². The highest BCUT2D eigenvalue weighted by molar-refractivity contribution is 5.71. The van der Waals surface area contributed by atoms with Crippen LogP contribution < -0.4 is 0 Å². The van der Waals surface area contributed by atoms with Gasteiger partial charge in [-0.1, -0.05) is 305 Å². The van der Waals surface area contributed by atoms with Gasteiger partial charge in [0, 0.05) is 19.3 Å². The van der Waals surface area contributed by atoms with Gasteiger partial charge in [0.15, 0.2) is 6.10 Å². The summed E-state index contributed by atoms with van der Waals surface area (Å²) in [5.74, 6) is -0.873. The highest BCUT2D eigenvalue weighted by Gasteiger charge is 2.19. The highest BCUT2D eigenvalue weighted by atomic mass is 16.6. The van der Waals surface area contributed by atoms with Crippen LogP contribution in [0, 0.1) is 0 Å². The number of hydrogen-bond donors (Lipinski definition) is 0. The van der Waals surface area contributed by atoms with E-state index in [0.29, 0.717) is 19.3 Å². The Morgan fingerprint density at radius 1 is 0.259 bits per heavy atom. The first-order chi connectivity index (χ1) is 40.0. The van der Waals surface area contributed by atoms with Gasteiger partial charge in [0.1, 0.15) is 13.2 Å². The van der Waals surface area contributed by atoms with E-state index in [0.717, 1.165) is 96.3 Å². The lowest BCUT2D eigenvalue weighted by molar-refractivity contribution is -0.167. The second kappa shape index (κ2) is 69.1. The molecular formula is C75H132O6. The van der Waals surface area contributed by atoms with E-state index in [1.807, 2.05) is 0 Å². The molecule has 0 aliphatic heterocycles. The Balaban J connectivity index is 4.16. The molecule has 6 nitrogen and oxygen atoms in total. The van der Waals surface area contributed by atoms with Crippen LogP contribution in [-0.4, -0.2) is 37.2 Å². The molecule has 468 valence electrons. The van der Waals surface area contributed by atoms with Gasteiger partial charge in [0.2, 0.25) is 0 Å². The summed E-state index contributed by atoms with van der Waals surface area (Å²) in [7, 11) is 0. The average molecular weight is 1130 g/mol. The van der Waals surface area contributed by atoms with Crippen molar-refractivity contribution < 1.29 is 28.6 Å². The van der Waals surface area contributed by atoms with E-state index in [4.69, 9.17) is 14.2 Å². The molecule has 0 fully saturated rings. The molecule has 1 unspecified atom stereocenters. The molecule has 0 radical (unpaired) electrons. The maximum atomic E-state index is 12.9. The quantitative estimate of drug-likeness (QED) is 0.0261. The molecule has 0 amide bonds. The molecule has 0 aliphatic carbocycles. The maximum absolute atomic E-state index is 12.9. The second-order valence-corrected chi connectivity index (χ2v) is 23.4. The molecule has 81 heavy (non-hydrogen) atoms. The molecule has 0 aromatic rings. The first-order valence-electron chi connectivity index (χ1n) is 35.1. The minimum absolute atomic E-state index is 0.0767. The summed E-state index contributed by atoms with van der Waals surface area (Å²) in [4.78, 5) is 38.3. The van der Waals surface area contributed by atoms with Crippen LogP contribution >= 0.6 is 0 Å². The Morgan fingerprint density at radius 3 is 0.790 bits per heavy atom. The van der Waals surface area contributed by atoms with Crippen molar-refractivity contribution >= 4 is 17.9 Å².